The van der Waals surface area contributed by atoms with Crippen LogP contribution >= 0.6 is 11.6 Å². The predicted octanol–water partition coefficient (Wildman–Crippen LogP) is 3.46. The minimum absolute atomic E-state index is 0.787. The molecular weight excluding hydrogens is 156 g/mol. The lowest BCUT2D eigenvalue weighted by Gasteiger charge is -1.98. The van der Waals surface area contributed by atoms with Gasteiger partial charge in [-0.3, -0.25) is 0 Å². The number of hydrogen-bond donors (Lipinski definition) is 0. The van der Waals surface area contributed by atoms with Crippen LogP contribution in [0.15, 0.2) is 36.4 Å². The van der Waals surface area contributed by atoms with Crippen LogP contribution in [0.2, 0.25) is 5.02 Å². The lowest BCUT2D eigenvalue weighted by Crippen LogP contribution is -1.83. The summed E-state index contributed by atoms with van der Waals surface area (Å²) >= 11 is 5.73. The van der Waals surface area contributed by atoms with Crippen LogP contribution in [0, 0.1) is 0 Å². The number of allylic oxidation sites excluding steroid dienone is 1. The maximum absolute atomic E-state index is 5.73. The Balaban J connectivity index is 2.74. The Morgan fingerprint density at radius 3 is 2.36 bits per heavy atom. The Bertz CT molecular complexity index is 246. The van der Waals surface area contributed by atoms with Crippen molar-refractivity contribution >= 4 is 11.6 Å². The summed E-state index contributed by atoms with van der Waals surface area (Å²) in [5.41, 5.74) is 2.44. The van der Waals surface area contributed by atoms with Crippen molar-refractivity contribution in [2.75, 3.05) is 0 Å². The smallest absolute Gasteiger partial charge is 0.0406 e. The summed E-state index contributed by atoms with van der Waals surface area (Å²) < 4.78 is 0. The van der Waals surface area contributed by atoms with Gasteiger partial charge in [-0.2, -0.15) is 0 Å². The Labute approximate surface area is 72.5 Å². The molecular formula is C10H11Cl. The molecule has 58 valence electrons. The van der Waals surface area contributed by atoms with Crippen molar-refractivity contribution in [3.8, 4) is 0 Å². The normalized spacial score (nSPS) is 9.64. The first kappa shape index (κ1) is 8.35. The van der Waals surface area contributed by atoms with Crippen LogP contribution in [-0.4, -0.2) is 0 Å². The molecule has 1 heteroatoms. The van der Waals surface area contributed by atoms with E-state index in [1.54, 1.807) is 0 Å². The summed E-state index contributed by atoms with van der Waals surface area (Å²) in [5, 5.41) is 0.787. The van der Waals surface area contributed by atoms with E-state index in [4.69, 9.17) is 11.6 Å². The fourth-order valence-electron chi connectivity index (χ4n) is 0.951. The van der Waals surface area contributed by atoms with Gasteiger partial charge in [0.1, 0.15) is 0 Å². The van der Waals surface area contributed by atoms with E-state index in [0.717, 1.165) is 11.4 Å². The third-order valence-corrected chi connectivity index (χ3v) is 1.67. The Hall–Kier alpha value is -0.750. The predicted molar refractivity (Wildman–Crippen MR) is 50.0 cm³/mol. The largest absolute Gasteiger partial charge is 0.0998 e. The van der Waals surface area contributed by atoms with Crippen molar-refractivity contribution in [2.45, 2.75) is 13.3 Å². The fourth-order valence-corrected chi connectivity index (χ4v) is 1.08. The highest BCUT2D eigenvalue weighted by molar-refractivity contribution is 6.30. The number of halogens is 1. The molecule has 0 bridgehead atoms. The maximum Gasteiger partial charge on any atom is 0.0406 e. The molecule has 0 N–H and O–H groups in total. The highest BCUT2D eigenvalue weighted by Crippen LogP contribution is 2.11. The van der Waals surface area contributed by atoms with Crippen molar-refractivity contribution in [3.63, 3.8) is 0 Å². The third-order valence-electron chi connectivity index (χ3n) is 1.42. The number of rotatable bonds is 2. The summed E-state index contributed by atoms with van der Waals surface area (Å²) in [6.45, 7) is 5.86. The van der Waals surface area contributed by atoms with Gasteiger partial charge in [0.2, 0.25) is 0 Å². The molecule has 0 unspecified atom stereocenters. The van der Waals surface area contributed by atoms with E-state index in [2.05, 4.69) is 6.58 Å². The van der Waals surface area contributed by atoms with Gasteiger partial charge in [0.15, 0.2) is 0 Å². The van der Waals surface area contributed by atoms with Crippen LogP contribution < -0.4 is 0 Å². The molecule has 11 heavy (non-hydrogen) atoms. The standard InChI is InChI=1S/C10H11Cl/c1-8(2)7-9-3-5-10(11)6-4-9/h3-6H,1,7H2,2H3. The highest BCUT2D eigenvalue weighted by Gasteiger charge is 1.91. The zero-order chi connectivity index (χ0) is 8.27. The molecule has 1 rings (SSSR count). The summed E-state index contributed by atoms with van der Waals surface area (Å²) in [6.07, 6.45) is 0.942. The molecule has 0 radical (unpaired) electrons. The van der Waals surface area contributed by atoms with E-state index in [1.807, 2.05) is 31.2 Å². The van der Waals surface area contributed by atoms with Crippen molar-refractivity contribution in [1.29, 1.82) is 0 Å². The van der Waals surface area contributed by atoms with Crippen LogP contribution in [0.4, 0.5) is 0 Å². The van der Waals surface area contributed by atoms with E-state index in [0.29, 0.717) is 0 Å². The first-order valence-corrected chi connectivity index (χ1v) is 3.95. The van der Waals surface area contributed by atoms with E-state index in [-0.39, 0.29) is 0 Å². The Kier molecular flexibility index (Phi) is 2.72. The Morgan fingerprint density at radius 2 is 1.91 bits per heavy atom. The summed E-state index contributed by atoms with van der Waals surface area (Å²) in [5.74, 6) is 0. The first-order valence-electron chi connectivity index (χ1n) is 3.57. The average Bonchev–Trinajstić information content (AvgIpc) is 1.93. The molecule has 0 atom stereocenters. The third kappa shape index (κ3) is 2.77. The van der Waals surface area contributed by atoms with Gasteiger partial charge in [-0.15, -0.1) is 0 Å². The second kappa shape index (κ2) is 3.59. The van der Waals surface area contributed by atoms with Gasteiger partial charge in [0, 0.05) is 5.02 Å². The number of benzene rings is 1. The topological polar surface area (TPSA) is 0 Å². The van der Waals surface area contributed by atoms with Crippen molar-refractivity contribution in [1.82, 2.24) is 0 Å². The molecule has 0 nitrogen and oxygen atoms in total. The highest BCUT2D eigenvalue weighted by atomic mass is 35.5. The molecule has 0 saturated heterocycles. The summed E-state index contributed by atoms with van der Waals surface area (Å²) in [6, 6.07) is 7.85. The maximum atomic E-state index is 5.73. The van der Waals surface area contributed by atoms with Crippen LogP contribution in [0.5, 0.6) is 0 Å². The summed E-state index contributed by atoms with van der Waals surface area (Å²) in [4.78, 5) is 0. The van der Waals surface area contributed by atoms with Crippen molar-refractivity contribution < 1.29 is 0 Å². The molecule has 0 spiro atoms. The lowest BCUT2D eigenvalue weighted by atomic mass is 10.1. The van der Waals surface area contributed by atoms with E-state index < -0.39 is 0 Å². The van der Waals surface area contributed by atoms with Gasteiger partial charge >= 0.3 is 0 Å². The molecule has 0 saturated carbocycles. The van der Waals surface area contributed by atoms with E-state index in [1.165, 1.54) is 11.1 Å². The Morgan fingerprint density at radius 1 is 1.36 bits per heavy atom. The first-order chi connectivity index (χ1) is 5.18. The van der Waals surface area contributed by atoms with Crippen LogP contribution in [-0.2, 0) is 6.42 Å². The molecule has 0 fully saturated rings. The zero-order valence-corrected chi connectivity index (χ0v) is 7.36. The fraction of sp³-hybridized carbons (Fsp3) is 0.200. The van der Waals surface area contributed by atoms with Gasteiger partial charge in [0.05, 0.1) is 0 Å². The van der Waals surface area contributed by atoms with Gasteiger partial charge in [-0.25, -0.2) is 0 Å². The molecule has 1 aromatic rings. The van der Waals surface area contributed by atoms with Gasteiger partial charge in [-0.1, -0.05) is 35.9 Å². The van der Waals surface area contributed by atoms with E-state index in [9.17, 15) is 0 Å². The monoisotopic (exact) mass is 166 g/mol. The average molecular weight is 167 g/mol. The zero-order valence-electron chi connectivity index (χ0n) is 6.60. The van der Waals surface area contributed by atoms with Crippen LogP contribution in [0.25, 0.3) is 0 Å². The van der Waals surface area contributed by atoms with Gasteiger partial charge < -0.3 is 0 Å². The SMILES string of the molecule is C=C(C)Cc1ccc(Cl)cc1. The molecule has 0 heterocycles. The lowest BCUT2D eigenvalue weighted by molar-refractivity contribution is 1.15. The molecule has 0 aromatic heterocycles. The second-order valence-corrected chi connectivity index (χ2v) is 3.20. The quantitative estimate of drug-likeness (QED) is 0.591. The molecule has 0 amide bonds. The minimum atomic E-state index is 0.787. The summed E-state index contributed by atoms with van der Waals surface area (Å²) in [7, 11) is 0. The van der Waals surface area contributed by atoms with Crippen LogP contribution in [0.1, 0.15) is 12.5 Å². The van der Waals surface area contributed by atoms with Gasteiger partial charge in [-0.05, 0) is 31.0 Å². The van der Waals surface area contributed by atoms with Crippen LogP contribution in [0.3, 0.4) is 0 Å². The minimum Gasteiger partial charge on any atom is -0.0998 e. The van der Waals surface area contributed by atoms with E-state index >= 15 is 0 Å². The molecule has 0 aliphatic carbocycles. The molecule has 1 aromatic carbocycles. The van der Waals surface area contributed by atoms with Crippen molar-refractivity contribution in [3.05, 3.63) is 47.0 Å². The molecule has 0 aliphatic heterocycles. The van der Waals surface area contributed by atoms with Gasteiger partial charge in [0.25, 0.3) is 0 Å². The number of hydrogen-bond acceptors (Lipinski definition) is 0. The van der Waals surface area contributed by atoms with Crippen molar-refractivity contribution in [2.24, 2.45) is 0 Å². The second-order valence-electron chi connectivity index (χ2n) is 2.76. The molecule has 0 aliphatic rings.